The van der Waals surface area contributed by atoms with Gasteiger partial charge in [0.05, 0.1) is 0 Å². The molecule has 0 saturated heterocycles. The maximum absolute atomic E-state index is 2.80. The van der Waals surface area contributed by atoms with Crippen molar-refractivity contribution in [2.75, 3.05) is 0 Å². The lowest BCUT2D eigenvalue weighted by atomic mass is 9.87. The van der Waals surface area contributed by atoms with Gasteiger partial charge in [-0.25, -0.2) is 0 Å². The van der Waals surface area contributed by atoms with Gasteiger partial charge >= 0.3 is 0 Å². The minimum atomic E-state index is -0.557. The van der Waals surface area contributed by atoms with Crippen LogP contribution in [0, 0.1) is 29.6 Å². The van der Waals surface area contributed by atoms with Crippen molar-refractivity contribution < 1.29 is 0 Å². The van der Waals surface area contributed by atoms with Gasteiger partial charge in [0.1, 0.15) is 0 Å². The lowest BCUT2D eigenvalue weighted by Gasteiger charge is -2.45. The molecule has 5 aliphatic rings. The Morgan fingerprint density at radius 3 is 1.68 bits per heavy atom. The third-order valence-corrected chi connectivity index (χ3v) is 19.1. The molecule has 0 N–H and O–H groups in total. The molecule has 0 spiro atoms. The summed E-state index contributed by atoms with van der Waals surface area (Å²) in [4.78, 5) is 0. The van der Waals surface area contributed by atoms with Gasteiger partial charge in [0.15, 0.2) is 0 Å². The van der Waals surface area contributed by atoms with E-state index in [9.17, 15) is 0 Å². The van der Waals surface area contributed by atoms with Crippen molar-refractivity contribution in [1.29, 1.82) is 0 Å². The standard InChI is InChI=1S/C39H48P2/c1-27(40(38-25-28-19-21-30(38)23-28)39-26-29-20-22-31(39)24-29)34-16-10-17-35(34)36-15-8-9-18-37(36)41(32-11-4-2-5-12-32)33-13-6-3-7-14-33/h2-9,11-15,18,27-31,34-35,38-39H,10,16-17,19-26H2,1H3. The number of hydrogen-bond acceptors (Lipinski definition) is 0. The predicted octanol–water partition coefficient (Wildman–Crippen LogP) is 9.58. The first-order valence-electron chi connectivity index (χ1n) is 17.0. The average Bonchev–Trinajstić information content (AvgIpc) is 3.86. The molecule has 4 bridgehead atoms. The van der Waals surface area contributed by atoms with Crippen molar-refractivity contribution in [3.63, 3.8) is 0 Å². The van der Waals surface area contributed by atoms with Crippen molar-refractivity contribution in [3.05, 3.63) is 90.5 Å². The molecular weight excluding hydrogens is 530 g/mol. The Labute approximate surface area is 251 Å². The Kier molecular flexibility index (Phi) is 7.63. The second kappa shape index (κ2) is 11.5. The molecule has 0 aromatic heterocycles. The first-order chi connectivity index (χ1) is 20.2. The lowest BCUT2D eigenvalue weighted by molar-refractivity contribution is 0.433. The fourth-order valence-electron chi connectivity index (χ4n) is 10.8. The van der Waals surface area contributed by atoms with Crippen LogP contribution in [0.5, 0.6) is 0 Å². The van der Waals surface area contributed by atoms with Crippen LogP contribution in [-0.2, 0) is 0 Å². The largest absolute Gasteiger partial charge is 0.0965 e. The summed E-state index contributed by atoms with van der Waals surface area (Å²) in [6, 6.07) is 32.6. The third-order valence-electron chi connectivity index (χ3n) is 12.4. The molecule has 0 nitrogen and oxygen atoms in total. The zero-order valence-electron chi connectivity index (χ0n) is 25.0. The van der Waals surface area contributed by atoms with Crippen LogP contribution in [-0.4, -0.2) is 17.0 Å². The van der Waals surface area contributed by atoms with Gasteiger partial charge in [0, 0.05) is 0 Å². The van der Waals surface area contributed by atoms with Crippen LogP contribution >= 0.6 is 15.8 Å². The Balaban J connectivity index is 1.16. The molecule has 0 heterocycles. The summed E-state index contributed by atoms with van der Waals surface area (Å²) in [6.45, 7) is 2.80. The van der Waals surface area contributed by atoms with E-state index in [4.69, 9.17) is 0 Å². The zero-order valence-corrected chi connectivity index (χ0v) is 26.7. The van der Waals surface area contributed by atoms with Crippen LogP contribution < -0.4 is 15.9 Å². The summed E-state index contributed by atoms with van der Waals surface area (Å²) < 4.78 is 0. The highest BCUT2D eigenvalue weighted by molar-refractivity contribution is 7.79. The second-order valence-electron chi connectivity index (χ2n) is 14.4. The van der Waals surface area contributed by atoms with Crippen molar-refractivity contribution >= 4 is 31.8 Å². The summed E-state index contributed by atoms with van der Waals surface area (Å²) in [6.07, 6.45) is 16.9. The van der Waals surface area contributed by atoms with Gasteiger partial charge in [-0.3, -0.25) is 0 Å². The summed E-state index contributed by atoms with van der Waals surface area (Å²) in [5, 5.41) is 4.62. The topological polar surface area (TPSA) is 0 Å². The first-order valence-corrected chi connectivity index (χ1v) is 19.9. The molecule has 0 aliphatic heterocycles. The molecule has 8 rings (SSSR count). The lowest BCUT2D eigenvalue weighted by Crippen LogP contribution is -2.34. The second-order valence-corrected chi connectivity index (χ2v) is 19.7. The smallest absolute Gasteiger partial charge is 0.0116 e. The number of benzene rings is 3. The minimum Gasteiger partial charge on any atom is -0.0965 e. The van der Waals surface area contributed by atoms with Crippen LogP contribution in [0.3, 0.4) is 0 Å². The Bertz CT molecular complexity index is 1250. The van der Waals surface area contributed by atoms with Crippen LogP contribution in [0.2, 0.25) is 0 Å². The molecule has 5 fully saturated rings. The van der Waals surface area contributed by atoms with Crippen molar-refractivity contribution in [3.8, 4) is 0 Å². The normalized spacial score (nSPS) is 35.4. The quantitative estimate of drug-likeness (QED) is 0.234. The van der Waals surface area contributed by atoms with Gasteiger partial charge in [-0.1, -0.05) is 119 Å². The van der Waals surface area contributed by atoms with E-state index in [1.807, 2.05) is 0 Å². The first kappa shape index (κ1) is 27.1. The molecule has 5 saturated carbocycles. The van der Waals surface area contributed by atoms with Crippen molar-refractivity contribution in [2.45, 2.75) is 100 Å². The van der Waals surface area contributed by atoms with Crippen LogP contribution in [0.15, 0.2) is 84.9 Å². The molecule has 2 heteroatoms. The molecule has 214 valence electrons. The van der Waals surface area contributed by atoms with Crippen molar-refractivity contribution in [2.24, 2.45) is 29.6 Å². The molecule has 5 aliphatic carbocycles. The van der Waals surface area contributed by atoms with E-state index in [2.05, 4.69) is 91.9 Å². The van der Waals surface area contributed by atoms with Gasteiger partial charge < -0.3 is 0 Å². The summed E-state index contributed by atoms with van der Waals surface area (Å²) >= 11 is 0. The maximum Gasteiger partial charge on any atom is -0.0116 e. The zero-order chi connectivity index (χ0) is 27.3. The van der Waals surface area contributed by atoms with Gasteiger partial charge in [-0.2, -0.15) is 0 Å². The predicted molar refractivity (Wildman–Crippen MR) is 180 cm³/mol. The third kappa shape index (κ3) is 4.98. The summed E-state index contributed by atoms with van der Waals surface area (Å²) in [5.41, 5.74) is 4.84. The summed E-state index contributed by atoms with van der Waals surface area (Å²) in [5.74, 6) is 5.96. The van der Waals surface area contributed by atoms with Gasteiger partial charge in [-0.15, -0.1) is 0 Å². The molecule has 3 aromatic rings. The Morgan fingerprint density at radius 2 is 1.15 bits per heavy atom. The van der Waals surface area contributed by atoms with Gasteiger partial charge in [0.2, 0.25) is 0 Å². The van der Waals surface area contributed by atoms with Crippen molar-refractivity contribution in [1.82, 2.24) is 0 Å². The Hall–Kier alpha value is -1.48. The van der Waals surface area contributed by atoms with Crippen LogP contribution in [0.1, 0.15) is 89.0 Å². The molecule has 3 aromatic carbocycles. The SMILES string of the molecule is CC(C1CCCC1c1ccccc1P(c1ccccc1)c1ccccc1)P(C1CC2CCC1C2)C1CC2CCC1C2. The Morgan fingerprint density at radius 1 is 0.585 bits per heavy atom. The summed E-state index contributed by atoms with van der Waals surface area (Å²) in [7, 11) is -0.446. The fourth-order valence-corrected chi connectivity index (χ4v) is 18.4. The van der Waals surface area contributed by atoms with Crippen LogP contribution in [0.4, 0.5) is 0 Å². The highest BCUT2D eigenvalue weighted by Gasteiger charge is 2.53. The number of fused-ring (bicyclic) bond motifs is 4. The van der Waals surface area contributed by atoms with E-state index in [1.54, 1.807) is 62.2 Å². The van der Waals surface area contributed by atoms with E-state index in [0.29, 0.717) is 0 Å². The van der Waals surface area contributed by atoms with E-state index < -0.39 is 7.92 Å². The van der Waals surface area contributed by atoms with E-state index >= 15 is 0 Å². The molecular formula is C39H48P2. The number of hydrogen-bond donors (Lipinski definition) is 0. The average molecular weight is 579 g/mol. The van der Waals surface area contributed by atoms with Gasteiger partial charge in [0.25, 0.3) is 0 Å². The highest BCUT2D eigenvalue weighted by atomic mass is 31.1. The fraction of sp³-hybridized carbons (Fsp3) is 0.538. The molecule has 9 unspecified atom stereocenters. The monoisotopic (exact) mass is 578 g/mol. The maximum atomic E-state index is 2.80. The number of rotatable bonds is 8. The molecule has 0 amide bonds. The van der Waals surface area contributed by atoms with E-state index in [1.165, 1.54) is 29.9 Å². The molecule has 0 radical (unpaired) electrons. The molecule has 9 atom stereocenters. The highest BCUT2D eigenvalue weighted by Crippen LogP contribution is 2.71. The minimum absolute atomic E-state index is 0.111. The van der Waals surface area contributed by atoms with E-state index in [-0.39, 0.29) is 7.92 Å². The molecule has 41 heavy (non-hydrogen) atoms. The van der Waals surface area contributed by atoms with Crippen LogP contribution in [0.25, 0.3) is 0 Å². The van der Waals surface area contributed by atoms with Gasteiger partial charge in [-0.05, 0) is 133 Å². The van der Waals surface area contributed by atoms with E-state index in [0.717, 1.165) is 52.5 Å².